The zero-order valence-electron chi connectivity index (χ0n) is 15.5. The summed E-state index contributed by atoms with van der Waals surface area (Å²) in [4.78, 5) is 20.0. The number of aromatic nitrogens is 2. The standard InChI is InChI=1S/C21H23N3O2/c1-12-5-6-13(2)17(7-12)18-10-22-20(23-18)21(26)24-19-14(3)8-16(11-25)9-15(19)4/h5-10,25H,11H2,1-4H3,(H,22,23)(H,24,26). The molecule has 3 rings (SSSR count). The lowest BCUT2D eigenvalue weighted by molar-refractivity contribution is 0.101. The summed E-state index contributed by atoms with van der Waals surface area (Å²) >= 11 is 0. The molecule has 0 aliphatic rings. The lowest BCUT2D eigenvalue weighted by Crippen LogP contribution is -2.15. The Hall–Kier alpha value is -2.92. The number of aliphatic hydroxyl groups excluding tert-OH is 1. The van der Waals surface area contributed by atoms with E-state index in [0.717, 1.165) is 44.8 Å². The van der Waals surface area contributed by atoms with Crippen molar-refractivity contribution in [1.82, 2.24) is 9.97 Å². The molecule has 26 heavy (non-hydrogen) atoms. The molecule has 0 saturated carbocycles. The van der Waals surface area contributed by atoms with Gasteiger partial charge in [-0.15, -0.1) is 0 Å². The zero-order chi connectivity index (χ0) is 18.8. The molecule has 0 saturated heterocycles. The maximum absolute atomic E-state index is 12.6. The Kier molecular flexibility index (Phi) is 4.91. The van der Waals surface area contributed by atoms with Crippen LogP contribution in [-0.2, 0) is 6.61 Å². The van der Waals surface area contributed by atoms with Gasteiger partial charge in [0, 0.05) is 11.3 Å². The van der Waals surface area contributed by atoms with Crippen LogP contribution in [-0.4, -0.2) is 21.0 Å². The number of aromatic amines is 1. The SMILES string of the molecule is Cc1ccc(C)c(-c2cnc(C(=O)Nc3c(C)cc(CO)cc3C)[nH]2)c1. The van der Waals surface area contributed by atoms with Gasteiger partial charge in [0.15, 0.2) is 5.82 Å². The minimum absolute atomic E-state index is 0.0205. The van der Waals surface area contributed by atoms with Crippen LogP contribution in [0.25, 0.3) is 11.3 Å². The number of anilines is 1. The van der Waals surface area contributed by atoms with Gasteiger partial charge in [0.2, 0.25) is 0 Å². The first-order valence-corrected chi connectivity index (χ1v) is 8.54. The fourth-order valence-electron chi connectivity index (χ4n) is 3.11. The Morgan fingerprint density at radius 2 is 1.77 bits per heavy atom. The van der Waals surface area contributed by atoms with Gasteiger partial charge in [-0.05, 0) is 56.0 Å². The van der Waals surface area contributed by atoms with Gasteiger partial charge in [-0.2, -0.15) is 0 Å². The van der Waals surface area contributed by atoms with E-state index in [4.69, 9.17) is 0 Å². The number of H-pyrrole nitrogens is 1. The van der Waals surface area contributed by atoms with E-state index in [9.17, 15) is 9.90 Å². The third-order valence-corrected chi connectivity index (χ3v) is 4.49. The van der Waals surface area contributed by atoms with Crippen molar-refractivity contribution < 1.29 is 9.90 Å². The Labute approximate surface area is 153 Å². The highest BCUT2D eigenvalue weighted by molar-refractivity contribution is 6.03. The lowest BCUT2D eigenvalue weighted by Gasteiger charge is -2.12. The number of amides is 1. The van der Waals surface area contributed by atoms with Gasteiger partial charge in [-0.3, -0.25) is 4.79 Å². The third-order valence-electron chi connectivity index (χ3n) is 4.49. The van der Waals surface area contributed by atoms with Gasteiger partial charge in [0.1, 0.15) is 0 Å². The van der Waals surface area contributed by atoms with E-state index in [1.165, 1.54) is 0 Å². The minimum atomic E-state index is -0.287. The molecule has 5 heteroatoms. The molecule has 1 amide bonds. The summed E-state index contributed by atoms with van der Waals surface area (Å²) in [7, 11) is 0. The van der Waals surface area contributed by atoms with Gasteiger partial charge in [-0.1, -0.05) is 29.8 Å². The number of carbonyl (C=O) groups is 1. The molecule has 0 fully saturated rings. The van der Waals surface area contributed by atoms with Crippen LogP contribution in [0, 0.1) is 27.7 Å². The molecule has 1 heterocycles. The number of nitrogens with one attached hydrogen (secondary N) is 2. The molecule has 0 aliphatic carbocycles. The summed E-state index contributed by atoms with van der Waals surface area (Å²) in [5.74, 6) is -0.0181. The summed E-state index contributed by atoms with van der Waals surface area (Å²) in [6.45, 7) is 7.86. The van der Waals surface area contributed by atoms with Crippen molar-refractivity contribution in [3.63, 3.8) is 0 Å². The van der Waals surface area contributed by atoms with E-state index < -0.39 is 0 Å². The van der Waals surface area contributed by atoms with Crippen LogP contribution in [0.4, 0.5) is 5.69 Å². The van der Waals surface area contributed by atoms with Crippen LogP contribution in [0.1, 0.15) is 38.4 Å². The monoisotopic (exact) mass is 349 g/mol. The molecule has 5 nitrogen and oxygen atoms in total. The van der Waals surface area contributed by atoms with Crippen molar-refractivity contribution >= 4 is 11.6 Å². The number of nitrogens with zero attached hydrogens (tertiary/aromatic N) is 1. The Morgan fingerprint density at radius 1 is 1.08 bits per heavy atom. The quantitative estimate of drug-likeness (QED) is 0.665. The molecular formula is C21H23N3O2. The number of benzene rings is 2. The number of rotatable bonds is 4. The highest BCUT2D eigenvalue weighted by Crippen LogP contribution is 2.25. The maximum atomic E-state index is 12.6. The topological polar surface area (TPSA) is 78.0 Å². The Balaban J connectivity index is 1.86. The van der Waals surface area contributed by atoms with E-state index in [2.05, 4.69) is 33.5 Å². The van der Waals surface area contributed by atoms with E-state index in [-0.39, 0.29) is 18.3 Å². The summed E-state index contributed by atoms with van der Waals surface area (Å²) in [6.07, 6.45) is 1.69. The Bertz CT molecular complexity index is 950. The molecule has 1 aromatic heterocycles. The predicted molar refractivity (Wildman–Crippen MR) is 103 cm³/mol. The normalized spacial score (nSPS) is 10.8. The lowest BCUT2D eigenvalue weighted by atomic mass is 10.0. The first kappa shape index (κ1) is 17.9. The first-order valence-electron chi connectivity index (χ1n) is 8.54. The average molecular weight is 349 g/mol. The van der Waals surface area contributed by atoms with Crippen molar-refractivity contribution in [1.29, 1.82) is 0 Å². The minimum Gasteiger partial charge on any atom is -0.392 e. The summed E-state index contributed by atoms with van der Waals surface area (Å²) < 4.78 is 0. The van der Waals surface area contributed by atoms with E-state index in [1.807, 2.05) is 39.8 Å². The first-order chi connectivity index (χ1) is 12.4. The predicted octanol–water partition coefficient (Wildman–Crippen LogP) is 4.05. The van der Waals surface area contributed by atoms with Crippen LogP contribution in [0.3, 0.4) is 0 Å². The molecular weight excluding hydrogens is 326 g/mol. The van der Waals surface area contributed by atoms with Gasteiger partial charge in [0.25, 0.3) is 5.91 Å². The highest BCUT2D eigenvalue weighted by atomic mass is 16.3. The fourth-order valence-corrected chi connectivity index (χ4v) is 3.11. The maximum Gasteiger partial charge on any atom is 0.291 e. The van der Waals surface area contributed by atoms with Crippen LogP contribution in [0.5, 0.6) is 0 Å². The molecule has 0 atom stereocenters. The number of hydrogen-bond acceptors (Lipinski definition) is 3. The molecule has 3 aromatic rings. The van der Waals surface area contributed by atoms with Crippen molar-refractivity contribution in [2.45, 2.75) is 34.3 Å². The van der Waals surface area contributed by atoms with Gasteiger partial charge >= 0.3 is 0 Å². The highest BCUT2D eigenvalue weighted by Gasteiger charge is 2.15. The van der Waals surface area contributed by atoms with Crippen LogP contribution < -0.4 is 5.32 Å². The molecule has 0 unspecified atom stereocenters. The molecule has 0 bridgehead atoms. The fraction of sp³-hybridized carbons (Fsp3) is 0.238. The van der Waals surface area contributed by atoms with Crippen LogP contribution in [0.2, 0.25) is 0 Å². The van der Waals surface area contributed by atoms with Gasteiger partial charge < -0.3 is 15.4 Å². The van der Waals surface area contributed by atoms with E-state index in [1.54, 1.807) is 6.20 Å². The summed E-state index contributed by atoms with van der Waals surface area (Å²) in [5.41, 5.74) is 7.52. The number of carbonyl (C=O) groups excluding carboxylic acids is 1. The second-order valence-corrected chi connectivity index (χ2v) is 6.68. The molecule has 0 radical (unpaired) electrons. The van der Waals surface area contributed by atoms with Crippen molar-refractivity contribution in [3.8, 4) is 11.3 Å². The molecule has 0 spiro atoms. The van der Waals surface area contributed by atoms with E-state index in [0.29, 0.717) is 0 Å². The van der Waals surface area contributed by atoms with Crippen molar-refractivity contribution in [3.05, 3.63) is 70.2 Å². The number of imidazole rings is 1. The molecule has 0 aliphatic heterocycles. The third kappa shape index (κ3) is 3.53. The van der Waals surface area contributed by atoms with E-state index >= 15 is 0 Å². The number of hydrogen-bond donors (Lipinski definition) is 3. The van der Waals surface area contributed by atoms with Crippen molar-refractivity contribution in [2.24, 2.45) is 0 Å². The average Bonchev–Trinajstić information content (AvgIpc) is 3.09. The molecule has 134 valence electrons. The summed E-state index contributed by atoms with van der Waals surface area (Å²) in [6, 6.07) is 9.93. The zero-order valence-corrected chi connectivity index (χ0v) is 15.5. The second-order valence-electron chi connectivity index (χ2n) is 6.68. The number of aliphatic hydroxyl groups is 1. The Morgan fingerprint density at radius 3 is 2.42 bits per heavy atom. The largest absolute Gasteiger partial charge is 0.392 e. The second kappa shape index (κ2) is 7.14. The summed E-state index contributed by atoms with van der Waals surface area (Å²) in [5, 5.41) is 12.2. The van der Waals surface area contributed by atoms with Crippen LogP contribution >= 0.6 is 0 Å². The van der Waals surface area contributed by atoms with Crippen molar-refractivity contribution in [2.75, 3.05) is 5.32 Å². The van der Waals surface area contributed by atoms with Gasteiger partial charge in [0.05, 0.1) is 18.5 Å². The molecule has 2 aromatic carbocycles. The van der Waals surface area contributed by atoms with Crippen LogP contribution in [0.15, 0.2) is 36.5 Å². The molecule has 3 N–H and O–H groups in total. The smallest absolute Gasteiger partial charge is 0.291 e. The van der Waals surface area contributed by atoms with Gasteiger partial charge in [-0.25, -0.2) is 4.98 Å². The number of aryl methyl sites for hydroxylation is 4.